The molecule has 0 aliphatic rings. The van der Waals surface area contributed by atoms with Crippen LogP contribution in [0.5, 0.6) is 5.75 Å². The summed E-state index contributed by atoms with van der Waals surface area (Å²) in [5, 5.41) is 0. The van der Waals surface area contributed by atoms with E-state index in [9.17, 15) is 4.79 Å². The lowest BCUT2D eigenvalue weighted by atomic mass is 10.1. The first-order valence-electron chi connectivity index (χ1n) is 7.20. The molecule has 0 aromatic heterocycles. The zero-order chi connectivity index (χ0) is 15.2. The Morgan fingerprint density at radius 1 is 1.10 bits per heavy atom. The van der Waals surface area contributed by atoms with Gasteiger partial charge in [0.15, 0.2) is 6.10 Å². The zero-order valence-electron chi connectivity index (χ0n) is 12.7. The van der Waals surface area contributed by atoms with Crippen molar-refractivity contribution in [2.75, 3.05) is 11.9 Å². The molecular weight excluding hydrogens is 262 g/mol. The molecule has 0 saturated heterocycles. The summed E-state index contributed by atoms with van der Waals surface area (Å²) in [5.74, 6) is 0.717. The highest BCUT2D eigenvalue weighted by Gasteiger charge is 2.20. The number of anilines is 1. The van der Waals surface area contributed by atoms with Gasteiger partial charge in [-0.15, -0.1) is 0 Å². The summed E-state index contributed by atoms with van der Waals surface area (Å²) < 4.78 is 5.85. The maximum atomic E-state index is 12.4. The number of amides is 1. The first-order chi connectivity index (χ1) is 10.1. The summed E-state index contributed by atoms with van der Waals surface area (Å²) in [4.78, 5) is 14.1. The molecule has 0 bridgehead atoms. The number of aryl methyl sites for hydroxylation is 1. The Balaban J connectivity index is 2.09. The van der Waals surface area contributed by atoms with E-state index in [1.807, 2.05) is 54.6 Å². The number of hydrogen-bond donors (Lipinski definition) is 0. The molecule has 0 N–H and O–H groups in total. The highest BCUT2D eigenvalue weighted by molar-refractivity contribution is 5.96. The van der Waals surface area contributed by atoms with Crippen molar-refractivity contribution in [3.8, 4) is 5.75 Å². The third-order valence-corrected chi connectivity index (χ3v) is 3.48. The summed E-state index contributed by atoms with van der Waals surface area (Å²) >= 11 is 0. The van der Waals surface area contributed by atoms with Gasteiger partial charge in [-0.2, -0.15) is 0 Å². The fourth-order valence-electron chi connectivity index (χ4n) is 2.20. The number of carbonyl (C=O) groups excluding carboxylic acids is 1. The number of hydrogen-bond acceptors (Lipinski definition) is 2. The van der Waals surface area contributed by atoms with E-state index in [1.165, 1.54) is 0 Å². The van der Waals surface area contributed by atoms with Crippen LogP contribution in [-0.4, -0.2) is 19.1 Å². The second-order valence-corrected chi connectivity index (χ2v) is 4.95. The SMILES string of the molecule is CCc1ccccc1OC(C)C(=O)N(C)c1ccccc1. The van der Waals surface area contributed by atoms with Gasteiger partial charge in [-0.25, -0.2) is 0 Å². The number of likely N-dealkylation sites (N-methyl/N-ethyl adjacent to an activating group) is 1. The monoisotopic (exact) mass is 283 g/mol. The van der Waals surface area contributed by atoms with Gasteiger partial charge in [-0.1, -0.05) is 43.3 Å². The van der Waals surface area contributed by atoms with Gasteiger partial charge >= 0.3 is 0 Å². The van der Waals surface area contributed by atoms with Gasteiger partial charge < -0.3 is 9.64 Å². The molecule has 0 spiro atoms. The molecule has 0 heterocycles. The number of ether oxygens (including phenoxy) is 1. The van der Waals surface area contributed by atoms with Gasteiger partial charge in [-0.3, -0.25) is 4.79 Å². The first-order valence-corrected chi connectivity index (χ1v) is 7.20. The number of nitrogens with zero attached hydrogens (tertiary/aromatic N) is 1. The second-order valence-electron chi connectivity index (χ2n) is 4.95. The Hall–Kier alpha value is -2.29. The van der Waals surface area contributed by atoms with E-state index >= 15 is 0 Å². The summed E-state index contributed by atoms with van der Waals surface area (Å²) in [5.41, 5.74) is 1.97. The molecule has 2 aromatic carbocycles. The van der Waals surface area contributed by atoms with Crippen LogP contribution in [0.15, 0.2) is 54.6 Å². The lowest BCUT2D eigenvalue weighted by Crippen LogP contribution is -2.38. The predicted octanol–water partition coefficient (Wildman–Crippen LogP) is 3.68. The van der Waals surface area contributed by atoms with Crippen molar-refractivity contribution < 1.29 is 9.53 Å². The molecule has 0 radical (unpaired) electrons. The number of benzene rings is 2. The Labute approximate surface area is 126 Å². The molecule has 0 aliphatic carbocycles. The van der Waals surface area contributed by atoms with E-state index in [2.05, 4.69) is 6.92 Å². The average molecular weight is 283 g/mol. The Kier molecular flexibility index (Phi) is 4.99. The normalized spacial score (nSPS) is 11.8. The lowest BCUT2D eigenvalue weighted by Gasteiger charge is -2.23. The van der Waals surface area contributed by atoms with Gasteiger partial charge in [0.1, 0.15) is 5.75 Å². The minimum absolute atomic E-state index is 0.0629. The van der Waals surface area contributed by atoms with Gasteiger partial charge in [0.2, 0.25) is 0 Å². The quantitative estimate of drug-likeness (QED) is 0.837. The smallest absolute Gasteiger partial charge is 0.267 e. The van der Waals surface area contributed by atoms with E-state index in [0.29, 0.717) is 0 Å². The van der Waals surface area contributed by atoms with Crippen molar-refractivity contribution in [1.29, 1.82) is 0 Å². The van der Waals surface area contributed by atoms with Crippen molar-refractivity contribution in [2.24, 2.45) is 0 Å². The lowest BCUT2D eigenvalue weighted by molar-refractivity contribution is -0.124. The van der Waals surface area contributed by atoms with E-state index in [1.54, 1.807) is 18.9 Å². The van der Waals surface area contributed by atoms with Gasteiger partial charge in [0.25, 0.3) is 5.91 Å². The maximum absolute atomic E-state index is 12.4. The average Bonchev–Trinajstić information content (AvgIpc) is 2.54. The largest absolute Gasteiger partial charge is 0.481 e. The molecule has 0 fully saturated rings. The van der Waals surface area contributed by atoms with Crippen molar-refractivity contribution in [3.63, 3.8) is 0 Å². The Bertz CT molecular complexity index is 595. The highest BCUT2D eigenvalue weighted by Crippen LogP contribution is 2.21. The number of para-hydroxylation sites is 2. The summed E-state index contributed by atoms with van der Waals surface area (Å²) in [6.07, 6.45) is 0.355. The first kappa shape index (κ1) is 15.1. The van der Waals surface area contributed by atoms with E-state index < -0.39 is 6.10 Å². The van der Waals surface area contributed by atoms with Crippen LogP contribution in [0, 0.1) is 0 Å². The fourth-order valence-corrected chi connectivity index (χ4v) is 2.20. The third-order valence-electron chi connectivity index (χ3n) is 3.48. The molecular formula is C18H21NO2. The van der Waals surface area contributed by atoms with Crippen LogP contribution in [0.4, 0.5) is 5.69 Å². The van der Waals surface area contributed by atoms with Crippen LogP contribution in [0.25, 0.3) is 0 Å². The van der Waals surface area contributed by atoms with Crippen LogP contribution in [0.2, 0.25) is 0 Å². The van der Waals surface area contributed by atoms with E-state index in [4.69, 9.17) is 4.74 Å². The van der Waals surface area contributed by atoms with Crippen LogP contribution < -0.4 is 9.64 Å². The standard InChI is InChI=1S/C18H21NO2/c1-4-15-10-8-9-13-17(15)21-14(2)18(20)19(3)16-11-6-5-7-12-16/h5-14H,4H2,1-3H3. The molecule has 21 heavy (non-hydrogen) atoms. The van der Waals surface area contributed by atoms with Crippen molar-refractivity contribution in [2.45, 2.75) is 26.4 Å². The molecule has 1 atom stereocenters. The van der Waals surface area contributed by atoms with Gasteiger partial charge in [-0.05, 0) is 37.1 Å². The molecule has 1 amide bonds. The fraction of sp³-hybridized carbons (Fsp3) is 0.278. The number of carbonyl (C=O) groups is 1. The van der Waals surface area contributed by atoms with E-state index in [0.717, 1.165) is 23.4 Å². The van der Waals surface area contributed by atoms with E-state index in [-0.39, 0.29) is 5.91 Å². The molecule has 110 valence electrons. The van der Waals surface area contributed by atoms with Crippen LogP contribution in [0.1, 0.15) is 19.4 Å². The topological polar surface area (TPSA) is 29.5 Å². The minimum Gasteiger partial charge on any atom is -0.481 e. The van der Waals surface area contributed by atoms with Crippen LogP contribution >= 0.6 is 0 Å². The molecule has 0 saturated carbocycles. The number of rotatable bonds is 5. The van der Waals surface area contributed by atoms with Gasteiger partial charge in [0.05, 0.1) is 0 Å². The van der Waals surface area contributed by atoms with Crippen molar-refractivity contribution in [3.05, 3.63) is 60.2 Å². The second kappa shape index (κ2) is 6.93. The molecule has 0 aliphatic heterocycles. The Morgan fingerprint density at radius 2 is 1.71 bits per heavy atom. The summed E-state index contributed by atoms with van der Waals surface area (Å²) in [6, 6.07) is 17.4. The van der Waals surface area contributed by atoms with Crippen LogP contribution in [0.3, 0.4) is 0 Å². The van der Waals surface area contributed by atoms with Gasteiger partial charge in [0, 0.05) is 12.7 Å². The molecule has 2 aromatic rings. The molecule has 3 nitrogen and oxygen atoms in total. The maximum Gasteiger partial charge on any atom is 0.267 e. The predicted molar refractivity (Wildman–Crippen MR) is 85.8 cm³/mol. The third kappa shape index (κ3) is 3.63. The zero-order valence-corrected chi connectivity index (χ0v) is 12.7. The van der Waals surface area contributed by atoms with Crippen molar-refractivity contribution in [1.82, 2.24) is 0 Å². The van der Waals surface area contributed by atoms with Crippen molar-refractivity contribution >= 4 is 11.6 Å². The molecule has 2 rings (SSSR count). The summed E-state index contributed by atoms with van der Waals surface area (Å²) in [6.45, 7) is 3.86. The Morgan fingerprint density at radius 3 is 2.38 bits per heavy atom. The van der Waals surface area contributed by atoms with Crippen LogP contribution in [-0.2, 0) is 11.2 Å². The minimum atomic E-state index is -0.525. The molecule has 1 unspecified atom stereocenters. The molecule has 3 heteroatoms. The highest BCUT2D eigenvalue weighted by atomic mass is 16.5. The summed E-state index contributed by atoms with van der Waals surface area (Å²) in [7, 11) is 1.77.